The van der Waals surface area contributed by atoms with Gasteiger partial charge in [-0.1, -0.05) is 18.2 Å². The third kappa shape index (κ3) is 2.49. The summed E-state index contributed by atoms with van der Waals surface area (Å²) in [6.45, 7) is 0. The van der Waals surface area contributed by atoms with E-state index in [9.17, 15) is 18.0 Å². The number of alkyl halides is 3. The van der Waals surface area contributed by atoms with Crippen LogP contribution in [0, 0.1) is 0 Å². The summed E-state index contributed by atoms with van der Waals surface area (Å²) < 4.78 is 43.3. The molecule has 0 bridgehead atoms. The number of allylic oxidation sites excluding steroid dienone is 1. The molecule has 2 nitrogen and oxygen atoms in total. The number of carbonyl (C=O) groups excluding carboxylic acids is 1. The molecular formula is C12H9F3O2. The van der Waals surface area contributed by atoms with Crippen molar-refractivity contribution in [1.29, 1.82) is 0 Å². The minimum Gasteiger partial charge on any atom is -0.493 e. The average molecular weight is 242 g/mol. The molecule has 1 aliphatic rings. The highest BCUT2D eigenvalue weighted by atomic mass is 19.4. The van der Waals surface area contributed by atoms with Crippen molar-refractivity contribution >= 4 is 5.78 Å². The Balaban J connectivity index is 2.39. The normalized spacial score (nSPS) is 20.2. The fraction of sp³-hybridized carbons (Fsp3) is 0.250. The lowest BCUT2D eigenvalue weighted by Crippen LogP contribution is -2.17. The Morgan fingerprint density at radius 2 is 1.94 bits per heavy atom. The summed E-state index contributed by atoms with van der Waals surface area (Å²) in [6, 6.07) is 5.13. The van der Waals surface area contributed by atoms with Crippen molar-refractivity contribution in [3.05, 3.63) is 47.7 Å². The highest BCUT2D eigenvalue weighted by Crippen LogP contribution is 2.37. The lowest BCUT2D eigenvalue weighted by Gasteiger charge is -2.22. The summed E-state index contributed by atoms with van der Waals surface area (Å²) in [5.41, 5.74) is -0.759. The van der Waals surface area contributed by atoms with Gasteiger partial charge in [0.25, 0.3) is 0 Å². The highest BCUT2D eigenvalue weighted by molar-refractivity contribution is 5.90. The van der Waals surface area contributed by atoms with Crippen LogP contribution in [-0.4, -0.2) is 5.78 Å². The lowest BCUT2D eigenvalue weighted by atomic mass is 9.97. The van der Waals surface area contributed by atoms with Crippen LogP contribution in [0.5, 0.6) is 0 Å². The number of hydrogen-bond acceptors (Lipinski definition) is 2. The third-order valence-corrected chi connectivity index (χ3v) is 2.50. The van der Waals surface area contributed by atoms with E-state index in [4.69, 9.17) is 4.74 Å². The van der Waals surface area contributed by atoms with Gasteiger partial charge in [0, 0.05) is 11.6 Å². The molecule has 1 unspecified atom stereocenters. The molecule has 5 heteroatoms. The van der Waals surface area contributed by atoms with Gasteiger partial charge in [-0.3, -0.25) is 4.79 Å². The van der Waals surface area contributed by atoms with E-state index in [1.807, 2.05) is 0 Å². The first-order valence-corrected chi connectivity index (χ1v) is 4.99. The number of ketones is 1. The number of hydrogen-bond donors (Lipinski definition) is 0. The maximum atomic E-state index is 12.7. The maximum Gasteiger partial charge on any atom is 0.416 e. The molecule has 0 aromatic heterocycles. The highest BCUT2D eigenvalue weighted by Gasteiger charge is 2.36. The zero-order chi connectivity index (χ0) is 12.5. The molecule has 17 heavy (non-hydrogen) atoms. The van der Waals surface area contributed by atoms with E-state index in [0.29, 0.717) is 0 Å². The number of halogens is 3. The predicted octanol–water partition coefficient (Wildman–Crippen LogP) is 3.25. The summed E-state index contributed by atoms with van der Waals surface area (Å²) >= 11 is 0. The summed E-state index contributed by atoms with van der Waals surface area (Å²) in [7, 11) is 0. The molecule has 1 aromatic rings. The Kier molecular flexibility index (Phi) is 2.92. The van der Waals surface area contributed by atoms with E-state index < -0.39 is 17.8 Å². The molecular weight excluding hydrogens is 233 g/mol. The second kappa shape index (κ2) is 4.24. The second-order valence-electron chi connectivity index (χ2n) is 3.68. The molecule has 0 radical (unpaired) electrons. The van der Waals surface area contributed by atoms with Crippen molar-refractivity contribution in [2.24, 2.45) is 0 Å². The fourth-order valence-corrected chi connectivity index (χ4v) is 1.73. The first kappa shape index (κ1) is 11.7. The van der Waals surface area contributed by atoms with E-state index in [1.54, 1.807) is 0 Å². The Morgan fingerprint density at radius 1 is 1.24 bits per heavy atom. The van der Waals surface area contributed by atoms with Crippen LogP contribution < -0.4 is 0 Å². The smallest absolute Gasteiger partial charge is 0.416 e. The van der Waals surface area contributed by atoms with Crippen LogP contribution in [0.1, 0.15) is 23.7 Å². The van der Waals surface area contributed by atoms with Crippen LogP contribution in [0.15, 0.2) is 36.6 Å². The van der Waals surface area contributed by atoms with Gasteiger partial charge in [-0.15, -0.1) is 0 Å². The molecule has 0 spiro atoms. The van der Waals surface area contributed by atoms with Gasteiger partial charge in [-0.05, 0) is 6.07 Å². The number of benzene rings is 1. The molecule has 0 amide bonds. The van der Waals surface area contributed by atoms with Crippen LogP contribution in [0.25, 0.3) is 0 Å². The summed E-state index contributed by atoms with van der Waals surface area (Å²) in [6.07, 6.45) is -3.00. The summed E-state index contributed by atoms with van der Waals surface area (Å²) in [5.74, 6) is -0.238. The number of rotatable bonds is 1. The molecule has 1 heterocycles. The minimum absolute atomic E-state index is 0.00213. The van der Waals surface area contributed by atoms with Gasteiger partial charge in [-0.2, -0.15) is 13.2 Å². The van der Waals surface area contributed by atoms with Crippen LogP contribution >= 0.6 is 0 Å². The zero-order valence-electron chi connectivity index (χ0n) is 8.70. The SMILES string of the molecule is O=C1C=COC(c2ccccc2C(F)(F)F)C1. The van der Waals surface area contributed by atoms with Gasteiger partial charge >= 0.3 is 6.18 Å². The first-order valence-electron chi connectivity index (χ1n) is 4.99. The number of ether oxygens (including phenoxy) is 1. The van der Waals surface area contributed by atoms with E-state index in [-0.39, 0.29) is 17.8 Å². The Morgan fingerprint density at radius 3 is 2.59 bits per heavy atom. The Hall–Kier alpha value is -1.78. The van der Waals surface area contributed by atoms with Crippen LogP contribution in [0.4, 0.5) is 13.2 Å². The largest absolute Gasteiger partial charge is 0.493 e. The molecule has 90 valence electrons. The third-order valence-electron chi connectivity index (χ3n) is 2.50. The van der Waals surface area contributed by atoms with Crippen molar-refractivity contribution in [3.8, 4) is 0 Å². The maximum absolute atomic E-state index is 12.7. The van der Waals surface area contributed by atoms with E-state index >= 15 is 0 Å². The fourth-order valence-electron chi connectivity index (χ4n) is 1.73. The van der Waals surface area contributed by atoms with Crippen molar-refractivity contribution in [3.63, 3.8) is 0 Å². The van der Waals surface area contributed by atoms with E-state index in [2.05, 4.69) is 0 Å². The standard InChI is InChI=1S/C12H9F3O2/c13-12(14,15)10-4-2-1-3-9(10)11-7-8(16)5-6-17-11/h1-6,11H,7H2. The monoisotopic (exact) mass is 242 g/mol. The quantitative estimate of drug-likeness (QED) is 0.755. The van der Waals surface area contributed by atoms with Crippen LogP contribution in [-0.2, 0) is 15.7 Å². The van der Waals surface area contributed by atoms with Gasteiger partial charge in [0.2, 0.25) is 0 Å². The van der Waals surface area contributed by atoms with Crippen molar-refractivity contribution < 1.29 is 22.7 Å². The van der Waals surface area contributed by atoms with Gasteiger partial charge in [0.1, 0.15) is 6.10 Å². The molecule has 2 rings (SSSR count). The van der Waals surface area contributed by atoms with E-state index in [0.717, 1.165) is 12.3 Å². The number of carbonyl (C=O) groups is 1. The van der Waals surface area contributed by atoms with Gasteiger partial charge in [0.05, 0.1) is 18.2 Å². The predicted molar refractivity (Wildman–Crippen MR) is 54.0 cm³/mol. The molecule has 1 atom stereocenters. The molecule has 1 aromatic carbocycles. The van der Waals surface area contributed by atoms with Crippen molar-refractivity contribution in [2.45, 2.75) is 18.7 Å². The van der Waals surface area contributed by atoms with Crippen LogP contribution in [0.2, 0.25) is 0 Å². The first-order chi connectivity index (χ1) is 7.98. The second-order valence-corrected chi connectivity index (χ2v) is 3.68. The minimum atomic E-state index is -4.44. The Labute approximate surface area is 95.7 Å². The van der Waals surface area contributed by atoms with Gasteiger partial charge in [0.15, 0.2) is 5.78 Å². The molecule has 0 saturated heterocycles. The van der Waals surface area contributed by atoms with Crippen molar-refractivity contribution in [1.82, 2.24) is 0 Å². The lowest BCUT2D eigenvalue weighted by molar-refractivity contribution is -0.139. The van der Waals surface area contributed by atoms with E-state index in [1.165, 1.54) is 24.3 Å². The van der Waals surface area contributed by atoms with Crippen LogP contribution in [0.3, 0.4) is 0 Å². The molecule has 0 aliphatic carbocycles. The van der Waals surface area contributed by atoms with Gasteiger partial charge < -0.3 is 4.74 Å². The molecule has 0 saturated carbocycles. The molecule has 0 fully saturated rings. The van der Waals surface area contributed by atoms with Gasteiger partial charge in [-0.25, -0.2) is 0 Å². The average Bonchev–Trinajstić information content (AvgIpc) is 2.28. The zero-order valence-corrected chi connectivity index (χ0v) is 8.70. The Bertz CT molecular complexity index is 463. The molecule has 0 N–H and O–H groups in total. The summed E-state index contributed by atoms with van der Waals surface area (Å²) in [5, 5.41) is 0. The summed E-state index contributed by atoms with van der Waals surface area (Å²) in [4.78, 5) is 11.2. The molecule has 1 aliphatic heterocycles. The van der Waals surface area contributed by atoms with Crippen molar-refractivity contribution in [2.75, 3.05) is 0 Å². The topological polar surface area (TPSA) is 26.3 Å².